The Kier molecular flexibility index (Phi) is 4.30. The predicted molar refractivity (Wildman–Crippen MR) is 79.0 cm³/mol. The summed E-state index contributed by atoms with van der Waals surface area (Å²) in [5.74, 6) is 0. The number of anilines is 1. The van der Waals surface area contributed by atoms with Crippen LogP contribution in [0, 0.1) is 0 Å². The predicted octanol–water partition coefficient (Wildman–Crippen LogP) is 2.52. The van der Waals surface area contributed by atoms with E-state index in [9.17, 15) is 5.11 Å². The summed E-state index contributed by atoms with van der Waals surface area (Å²) in [5.41, 5.74) is 2.02. The minimum Gasteiger partial charge on any atom is -0.390 e. The zero-order chi connectivity index (χ0) is 13.2. The first-order chi connectivity index (χ1) is 8.52. The fourth-order valence-corrected chi connectivity index (χ4v) is 2.82. The molecule has 0 aliphatic carbocycles. The van der Waals surface area contributed by atoms with Crippen LogP contribution in [0.1, 0.15) is 25.3 Å². The molecule has 0 spiro atoms. The van der Waals surface area contributed by atoms with Crippen molar-refractivity contribution >= 4 is 21.6 Å². The van der Waals surface area contributed by atoms with E-state index < -0.39 is 5.60 Å². The third-order valence-corrected chi connectivity index (χ3v) is 4.35. The summed E-state index contributed by atoms with van der Waals surface area (Å²) in [7, 11) is 1.95. The average molecular weight is 313 g/mol. The Bertz CT molecular complexity index is 410. The minimum absolute atomic E-state index is 0.486. The molecule has 100 valence electrons. The van der Waals surface area contributed by atoms with Gasteiger partial charge in [-0.15, -0.1) is 0 Å². The van der Waals surface area contributed by atoms with Crippen molar-refractivity contribution in [1.82, 2.24) is 5.32 Å². The largest absolute Gasteiger partial charge is 0.390 e. The highest BCUT2D eigenvalue weighted by Gasteiger charge is 2.27. The summed E-state index contributed by atoms with van der Waals surface area (Å²) < 4.78 is 1.15. The number of nitrogens with one attached hydrogen (secondary N) is 1. The minimum atomic E-state index is -0.486. The molecule has 0 amide bonds. The molecule has 1 aliphatic rings. The van der Waals surface area contributed by atoms with Gasteiger partial charge in [0.1, 0.15) is 0 Å². The van der Waals surface area contributed by atoms with Gasteiger partial charge in [-0.2, -0.15) is 0 Å². The van der Waals surface area contributed by atoms with E-state index >= 15 is 0 Å². The van der Waals surface area contributed by atoms with Crippen molar-refractivity contribution in [2.75, 3.05) is 25.0 Å². The summed E-state index contributed by atoms with van der Waals surface area (Å²) in [6, 6.07) is 6.49. The van der Waals surface area contributed by atoms with Gasteiger partial charge in [-0.1, -0.05) is 22.0 Å². The van der Waals surface area contributed by atoms with E-state index in [-0.39, 0.29) is 0 Å². The molecule has 0 saturated carbocycles. The van der Waals surface area contributed by atoms with Gasteiger partial charge in [-0.25, -0.2) is 0 Å². The van der Waals surface area contributed by atoms with Crippen LogP contribution < -0.4 is 10.2 Å². The van der Waals surface area contributed by atoms with Crippen molar-refractivity contribution in [2.45, 2.75) is 31.9 Å². The van der Waals surface area contributed by atoms with Gasteiger partial charge in [-0.05, 0) is 44.5 Å². The first-order valence-electron chi connectivity index (χ1n) is 6.42. The molecule has 2 rings (SSSR count). The highest BCUT2D eigenvalue weighted by Crippen LogP contribution is 2.29. The summed E-state index contributed by atoms with van der Waals surface area (Å²) in [5, 5.41) is 13.1. The summed E-state index contributed by atoms with van der Waals surface area (Å²) >= 11 is 3.62. The maximum atomic E-state index is 9.96. The quantitative estimate of drug-likeness (QED) is 0.900. The molecule has 1 saturated heterocycles. The molecule has 1 aromatic rings. The molecular weight excluding hydrogens is 292 g/mol. The molecule has 0 unspecified atom stereocenters. The zero-order valence-electron chi connectivity index (χ0n) is 11.0. The Labute approximate surface area is 117 Å². The number of hydrogen-bond acceptors (Lipinski definition) is 3. The van der Waals surface area contributed by atoms with Gasteiger partial charge in [0, 0.05) is 29.8 Å². The second-order valence-electron chi connectivity index (χ2n) is 5.29. The van der Waals surface area contributed by atoms with Gasteiger partial charge >= 0.3 is 0 Å². The van der Waals surface area contributed by atoms with E-state index in [1.165, 1.54) is 11.3 Å². The van der Waals surface area contributed by atoms with Crippen molar-refractivity contribution in [3.8, 4) is 0 Å². The van der Waals surface area contributed by atoms with Crippen molar-refractivity contribution in [2.24, 2.45) is 0 Å². The second-order valence-corrected chi connectivity index (χ2v) is 6.14. The Hall–Kier alpha value is -0.580. The van der Waals surface area contributed by atoms with Crippen LogP contribution in [0.3, 0.4) is 0 Å². The van der Waals surface area contributed by atoms with Crippen molar-refractivity contribution < 1.29 is 5.11 Å². The monoisotopic (exact) mass is 312 g/mol. The lowest BCUT2D eigenvalue weighted by Crippen LogP contribution is -2.42. The number of benzene rings is 1. The third kappa shape index (κ3) is 3.25. The molecule has 4 heteroatoms. The Morgan fingerprint density at radius 3 is 2.61 bits per heavy atom. The molecule has 2 N–H and O–H groups in total. The summed E-state index contributed by atoms with van der Waals surface area (Å²) in [4.78, 5) is 2.34. The lowest BCUT2D eigenvalue weighted by molar-refractivity contribution is 0.0351. The maximum absolute atomic E-state index is 9.96. The number of piperidine rings is 1. The molecule has 0 atom stereocenters. The van der Waals surface area contributed by atoms with Gasteiger partial charge < -0.3 is 15.3 Å². The Morgan fingerprint density at radius 1 is 1.39 bits per heavy atom. The molecule has 1 fully saturated rings. The number of hydrogen-bond donors (Lipinski definition) is 2. The molecule has 1 heterocycles. The third-order valence-electron chi connectivity index (χ3n) is 3.61. The number of halogens is 1. The first-order valence-corrected chi connectivity index (χ1v) is 7.21. The van der Waals surface area contributed by atoms with Gasteiger partial charge in [-0.3, -0.25) is 0 Å². The molecule has 3 nitrogen and oxygen atoms in total. The van der Waals surface area contributed by atoms with Crippen LogP contribution in [-0.2, 0) is 6.54 Å². The van der Waals surface area contributed by atoms with Crippen molar-refractivity contribution in [1.29, 1.82) is 0 Å². The van der Waals surface area contributed by atoms with E-state index in [4.69, 9.17) is 0 Å². The molecule has 0 aromatic heterocycles. The molecule has 1 aromatic carbocycles. The number of rotatable bonds is 3. The zero-order valence-corrected chi connectivity index (χ0v) is 12.6. The molecule has 0 radical (unpaired) electrons. The Morgan fingerprint density at radius 2 is 2.06 bits per heavy atom. The fourth-order valence-electron chi connectivity index (χ4n) is 2.31. The van der Waals surface area contributed by atoms with Gasteiger partial charge in [0.2, 0.25) is 0 Å². The van der Waals surface area contributed by atoms with E-state index in [1.54, 1.807) is 0 Å². The van der Waals surface area contributed by atoms with E-state index in [0.717, 1.165) is 36.9 Å². The molecule has 0 bridgehead atoms. The molecule has 18 heavy (non-hydrogen) atoms. The Balaban J connectivity index is 2.08. The van der Waals surface area contributed by atoms with Gasteiger partial charge in [0.05, 0.1) is 5.60 Å². The normalized spacial score (nSPS) is 19.0. The van der Waals surface area contributed by atoms with Crippen LogP contribution in [0.4, 0.5) is 5.69 Å². The summed E-state index contributed by atoms with van der Waals surface area (Å²) in [6.45, 7) is 4.64. The lowest BCUT2D eigenvalue weighted by atomic mass is 9.93. The van der Waals surface area contributed by atoms with Crippen molar-refractivity contribution in [3.63, 3.8) is 0 Å². The van der Waals surface area contributed by atoms with E-state index in [2.05, 4.69) is 44.3 Å². The average Bonchev–Trinajstić information content (AvgIpc) is 2.32. The first kappa shape index (κ1) is 13.8. The number of nitrogens with zero attached hydrogens (tertiary/aromatic N) is 1. The molecular formula is C14H21BrN2O. The van der Waals surface area contributed by atoms with Crippen LogP contribution in [0.15, 0.2) is 22.7 Å². The van der Waals surface area contributed by atoms with Crippen LogP contribution in [0.25, 0.3) is 0 Å². The van der Waals surface area contributed by atoms with E-state index in [0.29, 0.717) is 0 Å². The van der Waals surface area contributed by atoms with Crippen LogP contribution in [0.5, 0.6) is 0 Å². The number of aliphatic hydroxyl groups is 1. The van der Waals surface area contributed by atoms with Crippen LogP contribution in [0.2, 0.25) is 0 Å². The summed E-state index contributed by atoms with van der Waals surface area (Å²) in [6.07, 6.45) is 1.67. The van der Waals surface area contributed by atoms with E-state index in [1.807, 2.05) is 14.0 Å². The highest BCUT2D eigenvalue weighted by atomic mass is 79.9. The smallest absolute Gasteiger partial charge is 0.0653 e. The van der Waals surface area contributed by atoms with Crippen LogP contribution in [-0.4, -0.2) is 30.8 Å². The van der Waals surface area contributed by atoms with Gasteiger partial charge in [0.25, 0.3) is 0 Å². The van der Waals surface area contributed by atoms with Crippen molar-refractivity contribution in [3.05, 3.63) is 28.2 Å². The maximum Gasteiger partial charge on any atom is 0.0653 e. The topological polar surface area (TPSA) is 35.5 Å². The highest BCUT2D eigenvalue weighted by molar-refractivity contribution is 9.10. The molecule has 1 aliphatic heterocycles. The second kappa shape index (κ2) is 5.59. The van der Waals surface area contributed by atoms with Gasteiger partial charge in [0.15, 0.2) is 0 Å². The SMILES string of the molecule is CNCc1ccc(N2CCC(C)(O)CC2)cc1Br. The standard InChI is InChI=1S/C14H21BrN2O/c1-14(18)5-7-17(8-6-14)12-4-3-11(10-16-2)13(15)9-12/h3-4,9,16,18H,5-8,10H2,1-2H3. The lowest BCUT2D eigenvalue weighted by Gasteiger charge is -2.37. The fraction of sp³-hybridized carbons (Fsp3) is 0.571. The van der Waals surface area contributed by atoms with Crippen LogP contribution >= 0.6 is 15.9 Å².